The van der Waals surface area contributed by atoms with Crippen molar-refractivity contribution >= 4 is 28.9 Å². The summed E-state index contributed by atoms with van der Waals surface area (Å²) in [5.74, 6) is -0.315. The summed E-state index contributed by atoms with van der Waals surface area (Å²) in [6.07, 6.45) is 3.33. The second-order valence-electron chi connectivity index (χ2n) is 5.04. The highest BCUT2D eigenvalue weighted by atomic mass is 35.5. The van der Waals surface area contributed by atoms with Crippen molar-refractivity contribution in [3.05, 3.63) is 83.4 Å². The lowest BCUT2D eigenvalue weighted by atomic mass is 10.2. The smallest absolute Gasteiger partial charge is 0.274 e. The van der Waals surface area contributed by atoms with Crippen LogP contribution in [0.5, 0.6) is 0 Å². The Morgan fingerprint density at radius 3 is 2.62 bits per heavy atom. The molecule has 1 aromatic carbocycles. The summed E-state index contributed by atoms with van der Waals surface area (Å²) < 4.78 is 0. The van der Waals surface area contributed by atoms with E-state index in [-0.39, 0.29) is 5.91 Å². The number of carbonyl (C=O) groups excluding carboxylic acids is 1. The number of nitrogens with zero attached hydrogens (tertiary/aromatic N) is 2. The number of carbonyl (C=O) groups is 1. The van der Waals surface area contributed by atoms with Gasteiger partial charge in [0.15, 0.2) is 0 Å². The number of halogens is 1. The molecule has 0 atom stereocenters. The SMILES string of the molecule is O=C(Nc1ccccc1Cl)c1cc(NCc2ccccn2)ccn1. The zero-order chi connectivity index (χ0) is 16.8. The Labute approximate surface area is 144 Å². The van der Waals surface area contributed by atoms with Gasteiger partial charge in [-0.1, -0.05) is 29.8 Å². The number of para-hydroxylation sites is 1. The van der Waals surface area contributed by atoms with Crippen LogP contribution in [0, 0.1) is 0 Å². The molecule has 2 heterocycles. The van der Waals surface area contributed by atoms with Crippen molar-refractivity contribution in [3.63, 3.8) is 0 Å². The van der Waals surface area contributed by atoms with Crippen LogP contribution in [-0.4, -0.2) is 15.9 Å². The Morgan fingerprint density at radius 1 is 1.00 bits per heavy atom. The van der Waals surface area contributed by atoms with E-state index in [1.54, 1.807) is 48.8 Å². The molecule has 3 rings (SSSR count). The van der Waals surface area contributed by atoms with Gasteiger partial charge >= 0.3 is 0 Å². The molecule has 2 N–H and O–H groups in total. The van der Waals surface area contributed by atoms with Gasteiger partial charge in [0, 0.05) is 18.1 Å². The van der Waals surface area contributed by atoms with Crippen LogP contribution in [0.4, 0.5) is 11.4 Å². The molecule has 0 saturated heterocycles. The van der Waals surface area contributed by atoms with Crippen LogP contribution in [0.15, 0.2) is 67.0 Å². The Morgan fingerprint density at radius 2 is 1.83 bits per heavy atom. The number of hydrogen-bond acceptors (Lipinski definition) is 4. The van der Waals surface area contributed by atoms with Gasteiger partial charge in [-0.15, -0.1) is 0 Å². The Hall–Kier alpha value is -2.92. The molecule has 3 aromatic rings. The van der Waals surface area contributed by atoms with Gasteiger partial charge in [-0.05, 0) is 36.4 Å². The molecule has 0 aliphatic carbocycles. The first-order chi connectivity index (χ1) is 11.7. The van der Waals surface area contributed by atoms with E-state index in [1.165, 1.54) is 0 Å². The minimum Gasteiger partial charge on any atom is -0.379 e. The quantitative estimate of drug-likeness (QED) is 0.738. The summed E-state index contributed by atoms with van der Waals surface area (Å²) in [5.41, 5.74) is 2.56. The molecule has 0 radical (unpaired) electrons. The molecule has 1 amide bonds. The summed E-state index contributed by atoms with van der Waals surface area (Å²) in [6, 6.07) is 16.3. The molecule has 0 bridgehead atoms. The van der Waals surface area contributed by atoms with E-state index in [4.69, 9.17) is 11.6 Å². The van der Waals surface area contributed by atoms with Gasteiger partial charge in [0.05, 0.1) is 22.9 Å². The van der Waals surface area contributed by atoms with E-state index in [2.05, 4.69) is 20.6 Å². The lowest BCUT2D eigenvalue weighted by Crippen LogP contribution is -2.14. The number of anilines is 2. The average molecular weight is 339 g/mol. The standard InChI is InChI=1S/C18H15ClN4O/c19-15-6-1-2-7-16(15)23-18(24)17-11-13(8-10-21-17)22-12-14-5-3-4-9-20-14/h1-11H,12H2,(H,21,22)(H,23,24). The van der Waals surface area contributed by atoms with Crippen molar-refractivity contribution < 1.29 is 4.79 Å². The number of rotatable bonds is 5. The molecule has 6 heteroatoms. The largest absolute Gasteiger partial charge is 0.379 e. The second kappa shape index (κ2) is 7.57. The van der Waals surface area contributed by atoms with E-state index >= 15 is 0 Å². The molecular formula is C18H15ClN4O. The van der Waals surface area contributed by atoms with Crippen molar-refractivity contribution in [1.29, 1.82) is 0 Å². The van der Waals surface area contributed by atoms with Crippen molar-refractivity contribution in [2.75, 3.05) is 10.6 Å². The fourth-order valence-electron chi connectivity index (χ4n) is 2.11. The summed E-state index contributed by atoms with van der Waals surface area (Å²) >= 11 is 6.05. The zero-order valence-corrected chi connectivity index (χ0v) is 13.5. The third-order valence-corrected chi connectivity index (χ3v) is 3.64. The average Bonchev–Trinajstić information content (AvgIpc) is 2.63. The Bertz CT molecular complexity index is 839. The fraction of sp³-hybridized carbons (Fsp3) is 0.0556. The molecule has 0 spiro atoms. The second-order valence-corrected chi connectivity index (χ2v) is 5.45. The van der Waals surface area contributed by atoms with E-state index < -0.39 is 0 Å². The summed E-state index contributed by atoms with van der Waals surface area (Å²) in [6.45, 7) is 0.566. The molecule has 0 unspecified atom stereocenters. The zero-order valence-electron chi connectivity index (χ0n) is 12.7. The summed E-state index contributed by atoms with van der Waals surface area (Å²) in [7, 11) is 0. The lowest BCUT2D eigenvalue weighted by molar-refractivity contribution is 0.102. The maximum absolute atomic E-state index is 12.3. The van der Waals surface area contributed by atoms with Gasteiger partial charge in [-0.2, -0.15) is 0 Å². The maximum Gasteiger partial charge on any atom is 0.274 e. The van der Waals surface area contributed by atoms with Crippen LogP contribution in [0.2, 0.25) is 5.02 Å². The summed E-state index contributed by atoms with van der Waals surface area (Å²) in [5, 5.41) is 6.46. The maximum atomic E-state index is 12.3. The van der Waals surface area contributed by atoms with E-state index in [1.807, 2.05) is 18.2 Å². The van der Waals surface area contributed by atoms with Crippen LogP contribution in [0.3, 0.4) is 0 Å². The molecule has 2 aromatic heterocycles. The monoisotopic (exact) mass is 338 g/mol. The molecule has 120 valence electrons. The molecule has 0 aliphatic rings. The highest BCUT2D eigenvalue weighted by molar-refractivity contribution is 6.33. The van der Waals surface area contributed by atoms with E-state index in [0.29, 0.717) is 22.9 Å². The molecule has 0 aliphatic heterocycles. The van der Waals surface area contributed by atoms with Gasteiger partial charge in [0.1, 0.15) is 5.69 Å². The van der Waals surface area contributed by atoms with Gasteiger partial charge in [0.2, 0.25) is 0 Å². The van der Waals surface area contributed by atoms with Gasteiger partial charge in [-0.3, -0.25) is 14.8 Å². The first-order valence-electron chi connectivity index (χ1n) is 7.38. The molecule has 24 heavy (non-hydrogen) atoms. The van der Waals surface area contributed by atoms with Crippen LogP contribution in [0.1, 0.15) is 16.2 Å². The Kier molecular flexibility index (Phi) is 5.03. The predicted molar refractivity (Wildman–Crippen MR) is 95.2 cm³/mol. The van der Waals surface area contributed by atoms with E-state index in [0.717, 1.165) is 11.4 Å². The van der Waals surface area contributed by atoms with Gasteiger partial charge < -0.3 is 10.6 Å². The molecule has 0 fully saturated rings. The van der Waals surface area contributed by atoms with Crippen molar-refractivity contribution in [3.8, 4) is 0 Å². The normalized spacial score (nSPS) is 10.2. The molecule has 0 saturated carbocycles. The number of benzene rings is 1. The number of hydrogen-bond donors (Lipinski definition) is 2. The van der Waals surface area contributed by atoms with Crippen molar-refractivity contribution in [2.24, 2.45) is 0 Å². The van der Waals surface area contributed by atoms with Gasteiger partial charge in [-0.25, -0.2) is 0 Å². The number of nitrogens with one attached hydrogen (secondary N) is 2. The highest BCUT2D eigenvalue weighted by Gasteiger charge is 2.10. The van der Waals surface area contributed by atoms with E-state index in [9.17, 15) is 4.79 Å². The number of pyridine rings is 2. The van der Waals surface area contributed by atoms with Crippen LogP contribution in [-0.2, 0) is 6.54 Å². The minimum atomic E-state index is -0.315. The summed E-state index contributed by atoms with van der Waals surface area (Å²) in [4.78, 5) is 20.7. The lowest BCUT2D eigenvalue weighted by Gasteiger charge is -2.09. The third-order valence-electron chi connectivity index (χ3n) is 3.31. The Balaban J connectivity index is 1.68. The van der Waals surface area contributed by atoms with Crippen molar-refractivity contribution in [2.45, 2.75) is 6.54 Å². The fourth-order valence-corrected chi connectivity index (χ4v) is 2.29. The van der Waals surface area contributed by atoms with Crippen LogP contribution < -0.4 is 10.6 Å². The first kappa shape index (κ1) is 16.0. The predicted octanol–water partition coefficient (Wildman–Crippen LogP) is 3.99. The first-order valence-corrected chi connectivity index (χ1v) is 7.76. The molecule has 5 nitrogen and oxygen atoms in total. The van der Waals surface area contributed by atoms with Gasteiger partial charge in [0.25, 0.3) is 5.91 Å². The highest BCUT2D eigenvalue weighted by Crippen LogP contribution is 2.21. The van der Waals surface area contributed by atoms with Crippen LogP contribution in [0.25, 0.3) is 0 Å². The van der Waals surface area contributed by atoms with Crippen LogP contribution >= 0.6 is 11.6 Å². The number of amides is 1. The molecular weight excluding hydrogens is 324 g/mol. The topological polar surface area (TPSA) is 66.9 Å². The third kappa shape index (κ3) is 4.08. The minimum absolute atomic E-state index is 0.306. The number of aromatic nitrogens is 2. The van der Waals surface area contributed by atoms with Crippen molar-refractivity contribution in [1.82, 2.24) is 9.97 Å².